The quantitative estimate of drug-likeness (QED) is 0.746. The van der Waals surface area contributed by atoms with Gasteiger partial charge in [-0.15, -0.1) is 0 Å². The average molecular weight is 336 g/mol. The SMILES string of the molecule is Cc1occc1CN(C)CCC(=O)c1ccccc1Br. The van der Waals surface area contributed by atoms with Gasteiger partial charge in [0.15, 0.2) is 5.78 Å². The molecule has 0 bridgehead atoms. The molecule has 0 fully saturated rings. The summed E-state index contributed by atoms with van der Waals surface area (Å²) in [4.78, 5) is 14.3. The minimum Gasteiger partial charge on any atom is -0.469 e. The van der Waals surface area contributed by atoms with Gasteiger partial charge in [-0.05, 0) is 26.1 Å². The predicted octanol–water partition coefficient (Wildman–Crippen LogP) is 4.06. The van der Waals surface area contributed by atoms with Crippen LogP contribution in [0.3, 0.4) is 0 Å². The van der Waals surface area contributed by atoms with Crippen molar-refractivity contribution in [2.75, 3.05) is 13.6 Å². The van der Waals surface area contributed by atoms with Gasteiger partial charge in [-0.2, -0.15) is 0 Å². The van der Waals surface area contributed by atoms with Gasteiger partial charge in [0.25, 0.3) is 0 Å². The summed E-state index contributed by atoms with van der Waals surface area (Å²) >= 11 is 3.42. The molecular formula is C16H18BrNO2. The normalized spacial score (nSPS) is 11.0. The number of rotatable bonds is 6. The Morgan fingerprint density at radius 3 is 2.70 bits per heavy atom. The molecule has 1 aromatic heterocycles. The Bertz CT molecular complexity index is 592. The second-order valence-electron chi connectivity index (χ2n) is 4.89. The first kappa shape index (κ1) is 15.0. The van der Waals surface area contributed by atoms with Gasteiger partial charge >= 0.3 is 0 Å². The Morgan fingerprint density at radius 1 is 1.30 bits per heavy atom. The van der Waals surface area contributed by atoms with Gasteiger partial charge in [0, 0.05) is 35.1 Å². The lowest BCUT2D eigenvalue weighted by molar-refractivity contribution is 0.0967. The largest absolute Gasteiger partial charge is 0.469 e. The van der Waals surface area contributed by atoms with Gasteiger partial charge in [-0.1, -0.05) is 34.1 Å². The number of hydrogen-bond donors (Lipinski definition) is 0. The van der Waals surface area contributed by atoms with Crippen LogP contribution >= 0.6 is 15.9 Å². The summed E-state index contributed by atoms with van der Waals surface area (Å²) in [6, 6.07) is 9.52. The fraction of sp³-hybridized carbons (Fsp3) is 0.312. The lowest BCUT2D eigenvalue weighted by Crippen LogP contribution is -2.21. The summed E-state index contributed by atoms with van der Waals surface area (Å²) in [7, 11) is 2.01. The number of furan rings is 1. The van der Waals surface area contributed by atoms with Crippen LogP contribution in [0, 0.1) is 6.92 Å². The van der Waals surface area contributed by atoms with Gasteiger partial charge in [0.2, 0.25) is 0 Å². The predicted molar refractivity (Wildman–Crippen MR) is 82.9 cm³/mol. The lowest BCUT2D eigenvalue weighted by Gasteiger charge is -2.15. The molecule has 0 saturated heterocycles. The Hall–Kier alpha value is -1.39. The number of hydrogen-bond acceptors (Lipinski definition) is 3. The fourth-order valence-electron chi connectivity index (χ4n) is 2.06. The zero-order valence-corrected chi connectivity index (χ0v) is 13.3. The van der Waals surface area contributed by atoms with Gasteiger partial charge in [-0.25, -0.2) is 0 Å². The zero-order chi connectivity index (χ0) is 14.5. The highest BCUT2D eigenvalue weighted by atomic mass is 79.9. The molecule has 4 heteroatoms. The van der Waals surface area contributed by atoms with E-state index in [9.17, 15) is 4.79 Å². The van der Waals surface area contributed by atoms with Gasteiger partial charge < -0.3 is 9.32 Å². The van der Waals surface area contributed by atoms with E-state index in [0.29, 0.717) is 6.42 Å². The molecular weight excluding hydrogens is 318 g/mol. The fourth-order valence-corrected chi connectivity index (χ4v) is 2.57. The first-order valence-corrected chi connectivity index (χ1v) is 7.36. The maximum Gasteiger partial charge on any atom is 0.165 e. The summed E-state index contributed by atoms with van der Waals surface area (Å²) in [5, 5.41) is 0. The molecule has 0 spiro atoms. The number of aryl methyl sites for hydroxylation is 1. The second kappa shape index (κ2) is 6.86. The van der Waals surface area contributed by atoms with Crippen molar-refractivity contribution in [1.82, 2.24) is 4.90 Å². The van der Waals surface area contributed by atoms with Gasteiger partial charge in [-0.3, -0.25) is 4.79 Å². The van der Waals surface area contributed by atoms with Crippen molar-refractivity contribution in [2.45, 2.75) is 19.9 Å². The highest BCUT2D eigenvalue weighted by Crippen LogP contribution is 2.18. The number of ketones is 1. The van der Waals surface area contributed by atoms with Gasteiger partial charge in [0.1, 0.15) is 5.76 Å². The molecule has 1 aromatic carbocycles. The minimum absolute atomic E-state index is 0.160. The van der Waals surface area contributed by atoms with E-state index in [1.165, 1.54) is 5.56 Å². The van der Waals surface area contributed by atoms with E-state index in [2.05, 4.69) is 20.8 Å². The molecule has 106 valence electrons. The number of carbonyl (C=O) groups excluding carboxylic acids is 1. The molecule has 0 aliphatic heterocycles. The van der Waals surface area contributed by atoms with Crippen molar-refractivity contribution >= 4 is 21.7 Å². The number of halogens is 1. The minimum atomic E-state index is 0.160. The third-order valence-electron chi connectivity index (χ3n) is 3.30. The molecule has 0 aliphatic carbocycles. The average Bonchev–Trinajstić information content (AvgIpc) is 2.82. The van der Waals surface area contributed by atoms with E-state index in [1.54, 1.807) is 6.26 Å². The van der Waals surface area contributed by atoms with E-state index in [4.69, 9.17) is 4.42 Å². The number of nitrogens with zero attached hydrogens (tertiary/aromatic N) is 1. The van der Waals surface area contributed by atoms with Crippen LogP contribution in [-0.4, -0.2) is 24.3 Å². The van der Waals surface area contributed by atoms with Crippen molar-refractivity contribution in [2.24, 2.45) is 0 Å². The van der Waals surface area contributed by atoms with Crippen LogP contribution in [0.25, 0.3) is 0 Å². The molecule has 2 rings (SSSR count). The van der Waals surface area contributed by atoms with Crippen LogP contribution in [0.5, 0.6) is 0 Å². The molecule has 0 saturated carbocycles. The van der Waals surface area contributed by atoms with Crippen LogP contribution < -0.4 is 0 Å². The molecule has 20 heavy (non-hydrogen) atoms. The smallest absolute Gasteiger partial charge is 0.165 e. The van der Waals surface area contributed by atoms with Crippen molar-refractivity contribution in [3.05, 3.63) is 58.0 Å². The van der Waals surface area contributed by atoms with E-state index < -0.39 is 0 Å². The lowest BCUT2D eigenvalue weighted by atomic mass is 10.1. The molecule has 0 radical (unpaired) electrons. The molecule has 0 N–H and O–H groups in total. The second-order valence-corrected chi connectivity index (χ2v) is 5.75. The third kappa shape index (κ3) is 3.81. The standard InChI is InChI=1S/C16H18BrNO2/c1-12-13(8-10-20-12)11-18(2)9-7-16(19)14-5-3-4-6-15(14)17/h3-6,8,10H,7,9,11H2,1-2H3. The van der Waals surface area contributed by atoms with Crippen molar-refractivity contribution in [3.63, 3.8) is 0 Å². The van der Waals surface area contributed by atoms with Crippen molar-refractivity contribution in [3.8, 4) is 0 Å². The maximum atomic E-state index is 12.2. The van der Waals surface area contributed by atoms with E-state index in [-0.39, 0.29) is 5.78 Å². The summed E-state index contributed by atoms with van der Waals surface area (Å²) in [6.07, 6.45) is 2.21. The molecule has 2 aromatic rings. The van der Waals surface area contributed by atoms with Crippen LogP contribution in [0.15, 0.2) is 45.5 Å². The van der Waals surface area contributed by atoms with E-state index in [0.717, 1.165) is 28.9 Å². The molecule has 0 aliphatic rings. The molecule has 3 nitrogen and oxygen atoms in total. The Labute approximate surface area is 127 Å². The first-order chi connectivity index (χ1) is 9.58. The first-order valence-electron chi connectivity index (χ1n) is 6.57. The molecule has 0 amide bonds. The van der Waals surface area contributed by atoms with Crippen LogP contribution in [0.1, 0.15) is 28.1 Å². The zero-order valence-electron chi connectivity index (χ0n) is 11.7. The number of carbonyl (C=O) groups is 1. The Morgan fingerprint density at radius 2 is 2.05 bits per heavy atom. The van der Waals surface area contributed by atoms with Crippen molar-refractivity contribution in [1.29, 1.82) is 0 Å². The molecule has 0 atom stereocenters. The summed E-state index contributed by atoms with van der Waals surface area (Å²) in [5.41, 5.74) is 1.92. The summed E-state index contributed by atoms with van der Waals surface area (Å²) < 4.78 is 6.14. The number of Topliss-reactive ketones (excluding diaryl/α,β-unsaturated/α-hetero) is 1. The van der Waals surface area contributed by atoms with Crippen LogP contribution in [0.4, 0.5) is 0 Å². The molecule has 1 heterocycles. The highest BCUT2D eigenvalue weighted by Gasteiger charge is 2.11. The van der Waals surface area contributed by atoms with Gasteiger partial charge in [0.05, 0.1) is 6.26 Å². The summed E-state index contributed by atoms with van der Waals surface area (Å²) in [6.45, 7) is 3.48. The number of benzene rings is 1. The van der Waals surface area contributed by atoms with Crippen molar-refractivity contribution < 1.29 is 9.21 Å². The maximum absolute atomic E-state index is 12.2. The topological polar surface area (TPSA) is 33.5 Å². The Balaban J connectivity index is 1.87. The highest BCUT2D eigenvalue weighted by molar-refractivity contribution is 9.10. The monoisotopic (exact) mass is 335 g/mol. The van der Waals surface area contributed by atoms with E-state index >= 15 is 0 Å². The molecule has 0 unspecified atom stereocenters. The van der Waals surface area contributed by atoms with E-state index in [1.807, 2.05) is 44.3 Å². The van der Waals surface area contributed by atoms with Crippen LogP contribution in [-0.2, 0) is 6.54 Å². The Kier molecular flexibility index (Phi) is 5.15. The van der Waals surface area contributed by atoms with Crippen LogP contribution in [0.2, 0.25) is 0 Å². The summed E-state index contributed by atoms with van der Waals surface area (Å²) in [5.74, 6) is 1.10. The third-order valence-corrected chi connectivity index (χ3v) is 3.99.